The monoisotopic (exact) mass is 159 g/mol. The molecular formula is C7H13NO3. The number of hydrogen-bond donors (Lipinski definition) is 2. The summed E-state index contributed by atoms with van der Waals surface area (Å²) in [5.41, 5.74) is 0.228. The molecule has 0 fully saturated rings. The maximum Gasteiger partial charge on any atom is 0.314 e. The Kier molecular flexibility index (Phi) is 4.45. The minimum absolute atomic E-state index is 0.101. The van der Waals surface area contributed by atoms with Gasteiger partial charge in [0.1, 0.15) is 0 Å². The molecule has 0 amide bonds. The Hall–Kier alpha value is -0.900. The summed E-state index contributed by atoms with van der Waals surface area (Å²) in [5, 5.41) is 15.7. The van der Waals surface area contributed by atoms with Crippen molar-refractivity contribution in [2.45, 2.75) is 13.3 Å². The molecule has 0 heterocycles. The van der Waals surface area contributed by atoms with Crippen molar-refractivity contribution in [3.8, 4) is 0 Å². The van der Waals surface area contributed by atoms with Crippen LogP contribution in [0, 0.1) is 11.3 Å². The molecule has 64 valence electrons. The van der Waals surface area contributed by atoms with Crippen molar-refractivity contribution in [2.75, 3.05) is 13.7 Å². The molecule has 11 heavy (non-hydrogen) atoms. The number of carbonyl (C=O) groups is 1. The molecule has 0 aliphatic heterocycles. The van der Waals surface area contributed by atoms with Crippen molar-refractivity contribution in [2.24, 2.45) is 5.92 Å². The molecule has 0 aromatic heterocycles. The van der Waals surface area contributed by atoms with Gasteiger partial charge in [0.25, 0.3) is 0 Å². The van der Waals surface area contributed by atoms with Crippen molar-refractivity contribution in [1.82, 2.24) is 0 Å². The summed E-state index contributed by atoms with van der Waals surface area (Å²) in [4.78, 5) is 10.9. The fourth-order valence-corrected chi connectivity index (χ4v) is 0.782. The van der Waals surface area contributed by atoms with E-state index in [0.717, 1.165) is 0 Å². The molecule has 1 unspecified atom stereocenters. The van der Waals surface area contributed by atoms with Gasteiger partial charge in [-0.25, -0.2) is 0 Å². The summed E-state index contributed by atoms with van der Waals surface area (Å²) in [7, 11) is 1.27. The Morgan fingerprint density at radius 2 is 2.27 bits per heavy atom. The molecule has 2 N–H and O–H groups in total. The predicted octanol–water partition coefficient (Wildman–Crippen LogP) is 0.198. The largest absolute Gasteiger partial charge is 0.469 e. The normalized spacial score (nSPS) is 12.3. The van der Waals surface area contributed by atoms with Crippen LogP contribution in [0.15, 0.2) is 0 Å². The second kappa shape index (κ2) is 4.85. The lowest BCUT2D eigenvalue weighted by Gasteiger charge is -2.10. The zero-order valence-electron chi connectivity index (χ0n) is 6.76. The summed E-state index contributed by atoms with van der Waals surface area (Å²) in [6, 6.07) is 0. The molecule has 0 rings (SSSR count). The van der Waals surface area contributed by atoms with E-state index in [2.05, 4.69) is 4.74 Å². The Labute approximate surface area is 65.7 Å². The van der Waals surface area contributed by atoms with Crippen LogP contribution in [0.25, 0.3) is 0 Å². The van der Waals surface area contributed by atoms with Crippen molar-refractivity contribution < 1.29 is 14.6 Å². The maximum atomic E-state index is 10.9. The number of carbonyl (C=O) groups excluding carboxylic acids is 1. The van der Waals surface area contributed by atoms with E-state index in [4.69, 9.17) is 10.5 Å². The van der Waals surface area contributed by atoms with Crippen molar-refractivity contribution in [3.63, 3.8) is 0 Å². The van der Waals surface area contributed by atoms with Crippen LogP contribution < -0.4 is 0 Å². The third-order valence-electron chi connectivity index (χ3n) is 1.43. The topological polar surface area (TPSA) is 70.4 Å². The van der Waals surface area contributed by atoms with E-state index < -0.39 is 11.9 Å². The molecular weight excluding hydrogens is 146 g/mol. The van der Waals surface area contributed by atoms with Gasteiger partial charge in [0.05, 0.1) is 13.0 Å². The van der Waals surface area contributed by atoms with Gasteiger partial charge in [-0.1, -0.05) is 0 Å². The fraction of sp³-hybridized carbons (Fsp3) is 0.714. The number of hydrogen-bond acceptors (Lipinski definition) is 4. The summed E-state index contributed by atoms with van der Waals surface area (Å²) < 4.78 is 4.44. The molecule has 0 saturated carbocycles. The molecule has 0 aromatic carbocycles. The number of rotatable bonds is 4. The van der Waals surface area contributed by atoms with Crippen molar-refractivity contribution >= 4 is 11.7 Å². The quantitative estimate of drug-likeness (QED) is 0.454. The highest BCUT2D eigenvalue weighted by Crippen LogP contribution is 2.05. The third kappa shape index (κ3) is 3.13. The van der Waals surface area contributed by atoms with Gasteiger partial charge in [-0.05, 0) is 13.3 Å². The first-order chi connectivity index (χ1) is 5.13. The maximum absolute atomic E-state index is 10.9. The lowest BCUT2D eigenvalue weighted by molar-refractivity contribution is -0.143. The second-order valence-electron chi connectivity index (χ2n) is 2.27. The molecule has 4 heteroatoms. The molecule has 0 bridgehead atoms. The Morgan fingerprint density at radius 1 is 1.73 bits per heavy atom. The molecule has 0 aliphatic carbocycles. The number of ether oxygens (including phenoxy) is 1. The Morgan fingerprint density at radius 3 is 2.55 bits per heavy atom. The van der Waals surface area contributed by atoms with Crippen LogP contribution in [-0.4, -0.2) is 30.5 Å². The van der Waals surface area contributed by atoms with E-state index in [1.165, 1.54) is 14.0 Å². The number of methoxy groups -OCH3 is 1. The summed E-state index contributed by atoms with van der Waals surface area (Å²) in [6.07, 6.45) is 0.266. The number of esters is 1. The molecule has 0 saturated heterocycles. The molecule has 0 spiro atoms. The molecule has 0 aliphatic rings. The van der Waals surface area contributed by atoms with Crippen LogP contribution in [0.3, 0.4) is 0 Å². The van der Waals surface area contributed by atoms with Crippen LogP contribution >= 0.6 is 0 Å². The lowest BCUT2D eigenvalue weighted by atomic mass is 10.0. The van der Waals surface area contributed by atoms with Crippen LogP contribution in [0.4, 0.5) is 0 Å². The van der Waals surface area contributed by atoms with E-state index in [1.54, 1.807) is 0 Å². The third-order valence-corrected chi connectivity index (χ3v) is 1.43. The van der Waals surface area contributed by atoms with Gasteiger partial charge in [0.15, 0.2) is 0 Å². The van der Waals surface area contributed by atoms with Crippen LogP contribution in [-0.2, 0) is 9.53 Å². The van der Waals surface area contributed by atoms with Gasteiger partial charge in [-0.15, -0.1) is 0 Å². The first kappa shape index (κ1) is 10.1. The van der Waals surface area contributed by atoms with Crippen LogP contribution in [0.2, 0.25) is 0 Å². The zero-order valence-corrected chi connectivity index (χ0v) is 6.76. The van der Waals surface area contributed by atoms with Crippen molar-refractivity contribution in [1.29, 1.82) is 5.41 Å². The van der Waals surface area contributed by atoms with Crippen LogP contribution in [0.1, 0.15) is 13.3 Å². The Bertz CT molecular complexity index is 156. The summed E-state index contributed by atoms with van der Waals surface area (Å²) in [5.74, 6) is -1.03. The first-order valence-electron chi connectivity index (χ1n) is 3.37. The van der Waals surface area contributed by atoms with Gasteiger partial charge >= 0.3 is 5.97 Å². The minimum Gasteiger partial charge on any atom is -0.469 e. The average Bonchev–Trinajstić information content (AvgIpc) is 1.98. The average molecular weight is 159 g/mol. The highest BCUT2D eigenvalue weighted by atomic mass is 16.5. The van der Waals surface area contributed by atoms with E-state index in [0.29, 0.717) is 0 Å². The second-order valence-corrected chi connectivity index (χ2v) is 2.27. The van der Waals surface area contributed by atoms with Gasteiger partial charge in [-0.2, -0.15) is 0 Å². The fourth-order valence-electron chi connectivity index (χ4n) is 0.782. The standard InChI is InChI=1S/C7H13NO3/c1-5(8)6(3-4-9)7(10)11-2/h6,8-9H,3-4H2,1-2H3. The van der Waals surface area contributed by atoms with Crippen LogP contribution in [0.5, 0.6) is 0 Å². The SMILES string of the molecule is COC(=O)C(CCO)C(C)=N. The van der Waals surface area contributed by atoms with Crippen molar-refractivity contribution in [3.05, 3.63) is 0 Å². The molecule has 1 atom stereocenters. The van der Waals surface area contributed by atoms with E-state index in [-0.39, 0.29) is 18.7 Å². The lowest BCUT2D eigenvalue weighted by Crippen LogP contribution is -2.23. The zero-order chi connectivity index (χ0) is 8.85. The highest BCUT2D eigenvalue weighted by molar-refractivity contribution is 5.99. The number of aliphatic hydroxyl groups is 1. The van der Waals surface area contributed by atoms with Gasteiger partial charge < -0.3 is 15.3 Å². The number of nitrogens with one attached hydrogen (secondary N) is 1. The van der Waals surface area contributed by atoms with Gasteiger partial charge in [0.2, 0.25) is 0 Å². The molecule has 0 aromatic rings. The molecule has 0 radical (unpaired) electrons. The minimum atomic E-state index is -0.579. The van der Waals surface area contributed by atoms with Gasteiger partial charge in [-0.3, -0.25) is 4.79 Å². The Balaban J connectivity index is 4.09. The van der Waals surface area contributed by atoms with Gasteiger partial charge in [0, 0.05) is 12.3 Å². The van der Waals surface area contributed by atoms with E-state index in [1.807, 2.05) is 0 Å². The van der Waals surface area contributed by atoms with E-state index in [9.17, 15) is 4.79 Å². The number of aliphatic hydroxyl groups excluding tert-OH is 1. The first-order valence-corrected chi connectivity index (χ1v) is 3.37. The summed E-state index contributed by atoms with van der Waals surface area (Å²) in [6.45, 7) is 1.42. The smallest absolute Gasteiger partial charge is 0.314 e. The van der Waals surface area contributed by atoms with E-state index >= 15 is 0 Å². The molecule has 4 nitrogen and oxygen atoms in total. The highest BCUT2D eigenvalue weighted by Gasteiger charge is 2.20. The predicted molar refractivity (Wildman–Crippen MR) is 40.6 cm³/mol. The summed E-state index contributed by atoms with van der Waals surface area (Å²) >= 11 is 0.